The van der Waals surface area contributed by atoms with Crippen LogP contribution in [0.5, 0.6) is 0 Å². The smallest absolute Gasteiger partial charge is 0.0705 e. The zero-order chi connectivity index (χ0) is 14.7. The number of halogens is 1. The molecule has 0 spiro atoms. The van der Waals surface area contributed by atoms with Crippen molar-refractivity contribution in [3.63, 3.8) is 0 Å². The molecule has 0 saturated heterocycles. The van der Waals surface area contributed by atoms with Gasteiger partial charge in [0.2, 0.25) is 0 Å². The first kappa shape index (κ1) is 14.1. The summed E-state index contributed by atoms with van der Waals surface area (Å²) >= 11 is 6.22. The second-order valence-electron chi connectivity index (χ2n) is 5.12. The molecule has 2 aromatic carbocycles. The largest absolute Gasteiger partial charge is 0.305 e. The van der Waals surface area contributed by atoms with Crippen molar-refractivity contribution >= 4 is 22.5 Å². The van der Waals surface area contributed by atoms with E-state index >= 15 is 0 Å². The van der Waals surface area contributed by atoms with Crippen LogP contribution in [0.1, 0.15) is 24.2 Å². The molecule has 0 radical (unpaired) electrons. The minimum absolute atomic E-state index is 0.187. The molecule has 21 heavy (non-hydrogen) atoms. The zero-order valence-corrected chi connectivity index (χ0v) is 12.6. The maximum Gasteiger partial charge on any atom is 0.0705 e. The van der Waals surface area contributed by atoms with Crippen molar-refractivity contribution in [2.75, 3.05) is 0 Å². The van der Waals surface area contributed by atoms with Gasteiger partial charge in [0.15, 0.2) is 0 Å². The number of rotatable bonds is 4. The minimum Gasteiger partial charge on any atom is -0.305 e. The molecule has 3 heteroatoms. The third-order valence-electron chi connectivity index (χ3n) is 3.62. The Balaban J connectivity index is 1.73. The molecule has 1 atom stereocenters. The van der Waals surface area contributed by atoms with Crippen LogP contribution in [0.15, 0.2) is 60.7 Å². The Morgan fingerprint density at radius 3 is 2.62 bits per heavy atom. The SMILES string of the molecule is C[C@H](NCc1ccc2ccccc2n1)c1ccccc1Cl. The van der Waals surface area contributed by atoms with E-state index in [1.807, 2.05) is 42.5 Å². The maximum atomic E-state index is 6.22. The van der Waals surface area contributed by atoms with Crippen LogP contribution in [0.25, 0.3) is 10.9 Å². The van der Waals surface area contributed by atoms with Gasteiger partial charge >= 0.3 is 0 Å². The lowest BCUT2D eigenvalue weighted by Crippen LogP contribution is -2.19. The Morgan fingerprint density at radius 1 is 1.00 bits per heavy atom. The first-order chi connectivity index (χ1) is 10.2. The van der Waals surface area contributed by atoms with Crippen molar-refractivity contribution in [2.24, 2.45) is 0 Å². The van der Waals surface area contributed by atoms with Crippen molar-refractivity contribution in [1.82, 2.24) is 10.3 Å². The first-order valence-electron chi connectivity index (χ1n) is 7.06. The number of benzene rings is 2. The van der Waals surface area contributed by atoms with Crippen molar-refractivity contribution in [3.05, 3.63) is 76.9 Å². The molecular formula is C18H17ClN2. The van der Waals surface area contributed by atoms with Crippen LogP contribution in [0.3, 0.4) is 0 Å². The molecule has 3 rings (SSSR count). The Bertz CT molecular complexity index is 755. The number of nitrogens with one attached hydrogen (secondary N) is 1. The highest BCUT2D eigenvalue weighted by molar-refractivity contribution is 6.31. The molecule has 106 valence electrons. The molecule has 0 fully saturated rings. The maximum absolute atomic E-state index is 6.22. The Kier molecular flexibility index (Phi) is 4.18. The summed E-state index contributed by atoms with van der Waals surface area (Å²) in [5, 5.41) is 5.44. The molecule has 3 aromatic rings. The Morgan fingerprint density at radius 2 is 1.76 bits per heavy atom. The molecule has 0 amide bonds. The van der Waals surface area contributed by atoms with E-state index in [2.05, 4.69) is 35.4 Å². The van der Waals surface area contributed by atoms with Crippen LogP contribution in [-0.2, 0) is 6.54 Å². The van der Waals surface area contributed by atoms with Gasteiger partial charge in [-0.2, -0.15) is 0 Å². The van der Waals surface area contributed by atoms with E-state index in [0.29, 0.717) is 0 Å². The number of pyridine rings is 1. The lowest BCUT2D eigenvalue weighted by molar-refractivity contribution is 0.569. The third-order valence-corrected chi connectivity index (χ3v) is 3.96. The fraction of sp³-hybridized carbons (Fsp3) is 0.167. The van der Waals surface area contributed by atoms with Crippen LogP contribution in [0.4, 0.5) is 0 Å². The summed E-state index contributed by atoms with van der Waals surface area (Å²) in [5.74, 6) is 0. The highest BCUT2D eigenvalue weighted by Gasteiger charge is 2.08. The highest BCUT2D eigenvalue weighted by atomic mass is 35.5. The molecule has 0 aliphatic heterocycles. The standard InChI is InChI=1S/C18H17ClN2/c1-13(16-7-3-4-8-17(16)19)20-12-15-11-10-14-6-2-5-9-18(14)21-15/h2-11,13,20H,12H2,1H3/t13-/m0/s1. The van der Waals surface area contributed by atoms with E-state index in [4.69, 9.17) is 11.6 Å². The molecule has 0 saturated carbocycles. The second-order valence-corrected chi connectivity index (χ2v) is 5.53. The second kappa shape index (κ2) is 6.25. The van der Waals surface area contributed by atoms with E-state index in [0.717, 1.165) is 28.3 Å². The Hall–Kier alpha value is -1.90. The lowest BCUT2D eigenvalue weighted by atomic mass is 10.1. The summed E-state index contributed by atoms with van der Waals surface area (Å²) in [4.78, 5) is 4.67. The van der Waals surface area contributed by atoms with Crippen molar-refractivity contribution in [1.29, 1.82) is 0 Å². The number of hydrogen-bond acceptors (Lipinski definition) is 2. The molecule has 0 aliphatic carbocycles. The molecule has 0 aliphatic rings. The van der Waals surface area contributed by atoms with Crippen LogP contribution >= 0.6 is 11.6 Å². The quantitative estimate of drug-likeness (QED) is 0.752. The van der Waals surface area contributed by atoms with Gasteiger partial charge in [-0.05, 0) is 30.7 Å². The van der Waals surface area contributed by atoms with Crippen molar-refractivity contribution in [3.8, 4) is 0 Å². The van der Waals surface area contributed by atoms with Crippen molar-refractivity contribution in [2.45, 2.75) is 19.5 Å². The molecule has 2 nitrogen and oxygen atoms in total. The summed E-state index contributed by atoms with van der Waals surface area (Å²) in [5.41, 5.74) is 3.18. The van der Waals surface area contributed by atoms with Crippen LogP contribution in [-0.4, -0.2) is 4.98 Å². The van der Waals surface area contributed by atoms with E-state index in [-0.39, 0.29) is 6.04 Å². The topological polar surface area (TPSA) is 24.9 Å². The highest BCUT2D eigenvalue weighted by Crippen LogP contribution is 2.22. The number of nitrogens with zero attached hydrogens (tertiary/aromatic N) is 1. The monoisotopic (exact) mass is 296 g/mol. The van der Waals surface area contributed by atoms with Crippen LogP contribution in [0.2, 0.25) is 5.02 Å². The van der Waals surface area contributed by atoms with Crippen LogP contribution in [0, 0.1) is 0 Å². The average Bonchev–Trinajstić information content (AvgIpc) is 2.53. The summed E-state index contributed by atoms with van der Waals surface area (Å²) in [6.45, 7) is 2.83. The zero-order valence-electron chi connectivity index (χ0n) is 11.9. The predicted molar refractivity (Wildman–Crippen MR) is 88.4 cm³/mol. The minimum atomic E-state index is 0.187. The Labute approximate surface area is 129 Å². The van der Waals surface area contributed by atoms with E-state index in [9.17, 15) is 0 Å². The normalized spacial score (nSPS) is 12.5. The van der Waals surface area contributed by atoms with Crippen molar-refractivity contribution < 1.29 is 0 Å². The summed E-state index contributed by atoms with van der Waals surface area (Å²) in [6, 6.07) is 20.4. The third kappa shape index (κ3) is 3.23. The number of aromatic nitrogens is 1. The van der Waals surface area contributed by atoms with E-state index < -0.39 is 0 Å². The molecule has 0 unspecified atom stereocenters. The van der Waals surface area contributed by atoms with Crippen LogP contribution < -0.4 is 5.32 Å². The van der Waals surface area contributed by atoms with Gasteiger partial charge in [-0.25, -0.2) is 0 Å². The fourth-order valence-corrected chi connectivity index (χ4v) is 2.70. The van der Waals surface area contributed by atoms with Gasteiger partial charge in [-0.1, -0.05) is 54.1 Å². The first-order valence-corrected chi connectivity index (χ1v) is 7.44. The summed E-state index contributed by atoms with van der Waals surface area (Å²) in [7, 11) is 0. The fourth-order valence-electron chi connectivity index (χ4n) is 2.40. The average molecular weight is 297 g/mol. The van der Waals surface area contributed by atoms with Gasteiger partial charge in [0.25, 0.3) is 0 Å². The van der Waals surface area contributed by atoms with Gasteiger partial charge in [0.05, 0.1) is 11.2 Å². The molecular weight excluding hydrogens is 280 g/mol. The predicted octanol–water partition coefficient (Wildman–Crippen LogP) is 4.74. The number of hydrogen-bond donors (Lipinski definition) is 1. The molecule has 1 N–H and O–H groups in total. The van der Waals surface area contributed by atoms with Gasteiger partial charge in [-0.3, -0.25) is 4.98 Å². The summed E-state index contributed by atoms with van der Waals surface area (Å²) in [6.07, 6.45) is 0. The van der Waals surface area contributed by atoms with Gasteiger partial charge in [-0.15, -0.1) is 0 Å². The van der Waals surface area contributed by atoms with E-state index in [1.54, 1.807) is 0 Å². The number of fused-ring (bicyclic) bond motifs is 1. The molecule has 0 bridgehead atoms. The lowest BCUT2D eigenvalue weighted by Gasteiger charge is -2.15. The van der Waals surface area contributed by atoms with Gasteiger partial charge in [0, 0.05) is 23.0 Å². The number of para-hydroxylation sites is 1. The molecule has 1 heterocycles. The van der Waals surface area contributed by atoms with E-state index in [1.165, 1.54) is 5.39 Å². The van der Waals surface area contributed by atoms with Gasteiger partial charge < -0.3 is 5.32 Å². The summed E-state index contributed by atoms with van der Waals surface area (Å²) < 4.78 is 0. The molecule has 1 aromatic heterocycles. The van der Waals surface area contributed by atoms with Gasteiger partial charge in [0.1, 0.15) is 0 Å².